The Balaban J connectivity index is 1.92. The summed E-state index contributed by atoms with van der Waals surface area (Å²) >= 11 is 12.8. The highest BCUT2D eigenvalue weighted by molar-refractivity contribution is 7.09. The van der Waals surface area contributed by atoms with Crippen LogP contribution < -0.4 is 10.5 Å². The summed E-state index contributed by atoms with van der Waals surface area (Å²) in [6.45, 7) is -0.337. The number of hydrogen-bond donors (Lipinski definition) is 1. The number of nitrogens with zero attached hydrogens (tertiary/aromatic N) is 1. The zero-order chi connectivity index (χ0) is 15.4. The Morgan fingerprint density at radius 2 is 2.19 bits per heavy atom. The molecule has 0 fully saturated rings. The second-order valence-corrected chi connectivity index (χ2v) is 5.57. The largest absolute Gasteiger partial charge is 0.464 e. The smallest absolute Gasteiger partial charge is 0.344 e. The van der Waals surface area contributed by atoms with Crippen molar-refractivity contribution in [3.63, 3.8) is 0 Å². The number of ether oxygens (including phenoxy) is 2. The molecule has 21 heavy (non-hydrogen) atoms. The van der Waals surface area contributed by atoms with E-state index in [0.717, 1.165) is 4.88 Å². The summed E-state index contributed by atoms with van der Waals surface area (Å²) in [7, 11) is 0. The van der Waals surface area contributed by atoms with Gasteiger partial charge in [0.15, 0.2) is 6.61 Å². The highest BCUT2D eigenvalue weighted by atomic mass is 35.5. The quantitative estimate of drug-likeness (QED) is 0.661. The molecule has 0 bridgehead atoms. The van der Waals surface area contributed by atoms with Gasteiger partial charge in [0.1, 0.15) is 16.7 Å². The molecule has 0 aliphatic heterocycles. The molecule has 0 spiro atoms. The normalized spacial score (nSPS) is 10.4. The summed E-state index contributed by atoms with van der Waals surface area (Å²) in [6.07, 6.45) is 0. The van der Waals surface area contributed by atoms with E-state index >= 15 is 0 Å². The Morgan fingerprint density at radius 1 is 1.43 bits per heavy atom. The molecule has 112 valence electrons. The molecule has 0 unspecified atom stereocenters. The van der Waals surface area contributed by atoms with Gasteiger partial charge in [-0.3, -0.25) is 0 Å². The lowest BCUT2D eigenvalue weighted by atomic mass is 10.4. The number of nitrogens with two attached hydrogens (primary N) is 1. The number of hydrogen-bond acceptors (Lipinski definition) is 6. The maximum absolute atomic E-state index is 13.3. The molecular weight excluding hydrogens is 342 g/mol. The monoisotopic (exact) mass is 350 g/mol. The Bertz CT molecular complexity index is 652. The van der Waals surface area contributed by atoms with Crippen LogP contribution in [-0.4, -0.2) is 17.6 Å². The molecule has 0 radical (unpaired) electrons. The summed E-state index contributed by atoms with van der Waals surface area (Å²) in [5, 5.41) is 1.31. The SMILES string of the molecule is Nc1c(Cl)c(F)nc(OCC(=O)OCc2cccs2)c1Cl. The van der Waals surface area contributed by atoms with Gasteiger partial charge in [0, 0.05) is 4.88 Å². The van der Waals surface area contributed by atoms with Gasteiger partial charge in [-0.2, -0.15) is 9.37 Å². The van der Waals surface area contributed by atoms with E-state index in [-0.39, 0.29) is 23.2 Å². The Morgan fingerprint density at radius 3 is 2.86 bits per heavy atom. The fourth-order valence-corrected chi connectivity index (χ4v) is 2.31. The van der Waals surface area contributed by atoms with Crippen molar-refractivity contribution in [2.75, 3.05) is 12.3 Å². The van der Waals surface area contributed by atoms with E-state index in [0.29, 0.717) is 0 Å². The molecule has 2 rings (SSSR count). The molecule has 2 aromatic heterocycles. The first-order valence-corrected chi connectivity index (χ1v) is 7.23. The minimum absolute atomic E-state index is 0.137. The number of carbonyl (C=O) groups is 1. The standard InChI is InChI=1S/C12H9Cl2FN2O3S/c13-8-10(16)9(14)12(17-11(8)15)20-5-7(18)19-4-6-2-1-3-21-6/h1-3H,4-5H2,(H2,16,17). The van der Waals surface area contributed by atoms with Crippen molar-refractivity contribution < 1.29 is 18.7 Å². The minimum atomic E-state index is -1.03. The zero-order valence-corrected chi connectivity index (χ0v) is 12.8. The van der Waals surface area contributed by atoms with Crippen LogP contribution in [-0.2, 0) is 16.1 Å². The summed E-state index contributed by atoms with van der Waals surface area (Å²) in [6, 6.07) is 3.67. The maximum atomic E-state index is 13.3. The van der Waals surface area contributed by atoms with Crippen LogP contribution in [0.25, 0.3) is 0 Å². The van der Waals surface area contributed by atoms with Gasteiger partial charge in [0.25, 0.3) is 0 Å². The van der Waals surface area contributed by atoms with E-state index in [2.05, 4.69) is 4.98 Å². The maximum Gasteiger partial charge on any atom is 0.344 e. The number of aromatic nitrogens is 1. The van der Waals surface area contributed by atoms with Crippen molar-refractivity contribution in [2.24, 2.45) is 0 Å². The van der Waals surface area contributed by atoms with E-state index in [1.54, 1.807) is 0 Å². The highest BCUT2D eigenvalue weighted by Crippen LogP contribution is 2.35. The van der Waals surface area contributed by atoms with Crippen LogP contribution in [0, 0.1) is 5.95 Å². The number of carbonyl (C=O) groups excluding carboxylic acids is 1. The second kappa shape index (κ2) is 6.93. The molecule has 0 aliphatic carbocycles. The van der Waals surface area contributed by atoms with Crippen LogP contribution in [0.5, 0.6) is 5.88 Å². The molecule has 2 heterocycles. The van der Waals surface area contributed by atoms with Gasteiger partial charge in [0.2, 0.25) is 11.8 Å². The first-order valence-electron chi connectivity index (χ1n) is 5.59. The molecule has 2 aromatic rings. The lowest BCUT2D eigenvalue weighted by Crippen LogP contribution is -2.15. The molecule has 0 aromatic carbocycles. The predicted molar refractivity (Wildman–Crippen MR) is 78.2 cm³/mol. The van der Waals surface area contributed by atoms with Crippen LogP contribution in [0.1, 0.15) is 4.88 Å². The molecule has 2 N–H and O–H groups in total. The molecule has 0 aliphatic rings. The van der Waals surface area contributed by atoms with Crippen LogP contribution in [0.15, 0.2) is 17.5 Å². The Labute approximate surface area is 133 Å². The topological polar surface area (TPSA) is 74.4 Å². The number of esters is 1. The molecule has 5 nitrogen and oxygen atoms in total. The minimum Gasteiger partial charge on any atom is -0.464 e. The third kappa shape index (κ3) is 3.96. The summed E-state index contributed by atoms with van der Waals surface area (Å²) in [4.78, 5) is 15.8. The molecular formula is C12H9Cl2FN2O3S. The first kappa shape index (κ1) is 15.8. The van der Waals surface area contributed by atoms with Crippen molar-refractivity contribution >= 4 is 46.2 Å². The van der Waals surface area contributed by atoms with E-state index in [4.69, 9.17) is 38.4 Å². The van der Waals surface area contributed by atoms with Crippen LogP contribution in [0.4, 0.5) is 10.1 Å². The lowest BCUT2D eigenvalue weighted by Gasteiger charge is -2.09. The van der Waals surface area contributed by atoms with Gasteiger partial charge in [-0.15, -0.1) is 11.3 Å². The third-order valence-electron chi connectivity index (χ3n) is 2.32. The Hall–Kier alpha value is -1.57. The molecule has 0 amide bonds. The lowest BCUT2D eigenvalue weighted by molar-refractivity contribution is -0.147. The van der Waals surface area contributed by atoms with Crippen molar-refractivity contribution in [3.05, 3.63) is 38.4 Å². The van der Waals surface area contributed by atoms with E-state index < -0.39 is 23.5 Å². The molecule has 0 saturated carbocycles. The van der Waals surface area contributed by atoms with Gasteiger partial charge in [-0.1, -0.05) is 29.3 Å². The highest BCUT2D eigenvalue weighted by Gasteiger charge is 2.17. The van der Waals surface area contributed by atoms with Crippen molar-refractivity contribution in [2.45, 2.75) is 6.61 Å². The number of anilines is 1. The molecule has 9 heteroatoms. The average Bonchev–Trinajstić information content (AvgIpc) is 2.98. The van der Waals surface area contributed by atoms with E-state index in [1.165, 1.54) is 11.3 Å². The Kier molecular flexibility index (Phi) is 5.22. The van der Waals surface area contributed by atoms with E-state index in [1.807, 2.05) is 17.5 Å². The van der Waals surface area contributed by atoms with Crippen LogP contribution in [0.2, 0.25) is 10.0 Å². The number of rotatable bonds is 5. The summed E-state index contributed by atoms with van der Waals surface area (Å²) in [5.41, 5.74) is 5.27. The first-order chi connectivity index (χ1) is 9.99. The van der Waals surface area contributed by atoms with Gasteiger partial charge in [0.05, 0.1) is 5.69 Å². The number of nitrogen functional groups attached to an aromatic ring is 1. The summed E-state index contributed by atoms with van der Waals surface area (Å²) < 4.78 is 23.3. The van der Waals surface area contributed by atoms with Gasteiger partial charge in [-0.25, -0.2) is 4.79 Å². The average molecular weight is 351 g/mol. The van der Waals surface area contributed by atoms with Crippen LogP contribution >= 0.6 is 34.5 Å². The van der Waals surface area contributed by atoms with Crippen molar-refractivity contribution in [1.29, 1.82) is 0 Å². The fourth-order valence-electron chi connectivity index (χ4n) is 1.32. The number of pyridine rings is 1. The van der Waals surface area contributed by atoms with Crippen molar-refractivity contribution in [1.82, 2.24) is 4.98 Å². The summed E-state index contributed by atoms with van der Waals surface area (Å²) in [5.74, 6) is -1.99. The third-order valence-corrected chi connectivity index (χ3v) is 3.90. The van der Waals surface area contributed by atoms with Gasteiger partial charge < -0.3 is 15.2 Å². The number of halogens is 3. The molecule has 0 saturated heterocycles. The fraction of sp³-hybridized carbons (Fsp3) is 0.167. The molecule has 0 atom stereocenters. The number of thiophene rings is 1. The predicted octanol–water partition coefficient (Wildman–Crippen LogP) is 3.29. The second-order valence-electron chi connectivity index (χ2n) is 3.78. The van der Waals surface area contributed by atoms with E-state index in [9.17, 15) is 9.18 Å². The zero-order valence-electron chi connectivity index (χ0n) is 10.4. The van der Waals surface area contributed by atoms with Crippen molar-refractivity contribution in [3.8, 4) is 5.88 Å². The van der Waals surface area contributed by atoms with Crippen LogP contribution in [0.3, 0.4) is 0 Å². The van der Waals surface area contributed by atoms with Gasteiger partial charge >= 0.3 is 5.97 Å². The van der Waals surface area contributed by atoms with Gasteiger partial charge in [-0.05, 0) is 11.4 Å².